The number of fused-ring (bicyclic) bond motifs is 10. The summed E-state index contributed by atoms with van der Waals surface area (Å²) in [5.41, 5.74) is 24.7. The third-order valence-corrected chi connectivity index (χ3v) is 30.3. The van der Waals surface area contributed by atoms with Crippen LogP contribution in [0.4, 0.5) is 5.69 Å². The summed E-state index contributed by atoms with van der Waals surface area (Å²) >= 11 is 19.2. The molecule has 0 radical (unpaired) electrons. The summed E-state index contributed by atoms with van der Waals surface area (Å²) in [4.78, 5) is 118. The van der Waals surface area contributed by atoms with E-state index in [2.05, 4.69) is 129 Å². The molecule has 5 aliphatic heterocycles. The zero-order chi connectivity index (χ0) is 103. The van der Waals surface area contributed by atoms with E-state index in [1.165, 1.54) is 21.2 Å². The van der Waals surface area contributed by atoms with Crippen LogP contribution < -0.4 is 38.0 Å². The molecule has 33 nitrogen and oxygen atoms in total. The second-order valence-electron chi connectivity index (χ2n) is 40.4. The highest BCUT2D eigenvalue weighted by Crippen LogP contribution is 2.37. The summed E-state index contributed by atoms with van der Waals surface area (Å²) in [6.45, 7) is 32.1. The van der Waals surface area contributed by atoms with Gasteiger partial charge in [0.2, 0.25) is 0 Å². The molecule has 0 saturated carbocycles. The van der Waals surface area contributed by atoms with Crippen molar-refractivity contribution in [3.63, 3.8) is 0 Å². The van der Waals surface area contributed by atoms with Gasteiger partial charge in [-0.05, 0) is 306 Å². The SMILES string of the molecule is CCN1CCC(c2ccc3nc(-c4cc(Cl)c5nc(C)cn5c4)cc(=O)n3c2)CC1.Cc1cn2cc(-c3cc(=O)n4cc(C5CCN(C(C)C)CC5)ccc4n3)cc(Cl)c2n1.Cc1cn2cc(-c3cc(=O)n4cc(C5CCN(C)CC5)ccc4n3)cc(Cl)c2n1.Cc1cn2nc(-c3cc(=O)n4cc(N5CCCN(C)CC5)cc(C)c4n3)cc2c(C)n1.Cn1cc2cc(-c3cc(=O)n4nc(C5CCNCC5)ccc4n3)ccc2n1. The lowest BCUT2D eigenvalue weighted by Gasteiger charge is -2.34. The van der Waals surface area contributed by atoms with Crippen LogP contribution in [0.5, 0.6) is 0 Å². The van der Waals surface area contributed by atoms with Crippen LogP contribution in [0.25, 0.3) is 118 Å². The fourth-order valence-electron chi connectivity index (χ4n) is 21.3. The lowest BCUT2D eigenvalue weighted by molar-refractivity contribution is 0.172. The summed E-state index contributed by atoms with van der Waals surface area (Å²) in [7, 11) is 6.20. The van der Waals surface area contributed by atoms with Gasteiger partial charge in [0.05, 0.1) is 101 Å². The van der Waals surface area contributed by atoms with Crippen molar-refractivity contribution in [3.05, 3.63) is 325 Å². The van der Waals surface area contributed by atoms with Gasteiger partial charge in [0.15, 0.2) is 22.6 Å². The largest absolute Gasteiger partial charge is 0.369 e. The number of rotatable bonds is 12. The van der Waals surface area contributed by atoms with Gasteiger partial charge in [-0.2, -0.15) is 19.8 Å². The fraction of sp³-hybridized carbons (Fsp3) is 0.348. The summed E-state index contributed by atoms with van der Waals surface area (Å²) in [6, 6.07) is 40.0. The quantitative estimate of drug-likeness (QED) is 0.119. The molecule has 20 aromatic rings. The Labute approximate surface area is 868 Å². The number of benzene rings is 1. The van der Waals surface area contributed by atoms with E-state index >= 15 is 0 Å². The van der Waals surface area contributed by atoms with Crippen LogP contribution in [0.3, 0.4) is 0 Å². The Morgan fingerprint density at radius 1 is 0.372 bits per heavy atom. The van der Waals surface area contributed by atoms with Gasteiger partial charge in [0.25, 0.3) is 27.8 Å². The topological polar surface area (TPSA) is 313 Å². The average molecular weight is 2040 g/mol. The molecular formula is C112H119Cl3N28O5. The molecule has 0 atom stereocenters. The second-order valence-corrected chi connectivity index (χ2v) is 41.6. The highest BCUT2D eigenvalue weighted by molar-refractivity contribution is 6.34. The molecule has 19 aromatic heterocycles. The molecule has 24 heterocycles. The number of aryl methyl sites for hydroxylation is 7. The van der Waals surface area contributed by atoms with Gasteiger partial charge in [0.1, 0.15) is 28.3 Å². The molecular weight excluding hydrogens is 1920 g/mol. The van der Waals surface area contributed by atoms with Crippen LogP contribution in [0.2, 0.25) is 15.1 Å². The number of likely N-dealkylation sites (tertiary alicyclic amines) is 3. The Kier molecular flexibility index (Phi) is 28.3. The number of nitrogens with one attached hydrogen (secondary N) is 1. The number of pyridine rings is 7. The van der Waals surface area contributed by atoms with Crippen molar-refractivity contribution >= 4 is 102 Å². The second kappa shape index (κ2) is 42.1. The van der Waals surface area contributed by atoms with Gasteiger partial charge >= 0.3 is 0 Å². The summed E-state index contributed by atoms with van der Waals surface area (Å²) in [5.74, 6) is 1.87. The normalized spacial score (nSPS) is 15.9. The van der Waals surface area contributed by atoms with Crippen LogP contribution in [-0.2, 0) is 7.05 Å². The maximum absolute atomic E-state index is 13.1. The number of piperidine rings is 4. The number of anilines is 1. The molecule has 148 heavy (non-hydrogen) atoms. The van der Waals surface area contributed by atoms with E-state index in [1.54, 1.807) is 52.6 Å². The van der Waals surface area contributed by atoms with Crippen LogP contribution in [-0.4, -0.2) is 229 Å². The Balaban J connectivity index is 0.000000108. The fourth-order valence-corrected chi connectivity index (χ4v) is 22.1. The standard InChI is InChI=1S/C24H26ClN5O.C23H24ClN5O.C23H27N7O.C22H22ClN5O.C20H20N6O/c1-15(2)28-8-6-17(7-9-28)18-4-5-22-27-21(11-23(31)30(22)14-18)19-10-20(25)24-26-16(3)12-29(24)13-19;1-3-27-8-6-16(7-9-27)17-4-5-21-26-20(11-22(30)29(21)14-17)18-10-19(24)23-25-15(2)12-28(23)13-18;1-15-10-18(28-7-5-6-27(4)8-9-28)14-29-22(31)12-19(25-23(15)29)20-11-21-17(3)24-16(2)13-30(21)26-20;1-14-11-27-12-17(9-18(23)22(27)24-14)19-10-21(29)28-13-16(3-4-20(28)25-19)15-5-7-26(2)8-6-15;1-25-12-15-10-14(2-3-17(15)23-25)18-11-20(27)26-19(22-18)5-4-16(24-26)13-6-8-21-9-7-13/h4-5,10-15,17H,6-9H2,1-3H3;4-5,10-14,16H,3,6-9H2,1-2H3;10-14H,5-9H2,1-4H3;3-4,9-13,15H,5-8H2,1-2H3;2-5,10-13,21H,6-9H2,1H3. The molecule has 0 spiro atoms. The van der Waals surface area contributed by atoms with Crippen LogP contribution in [0.1, 0.15) is 159 Å². The van der Waals surface area contributed by atoms with Gasteiger partial charge in [-0.1, -0.05) is 66.0 Å². The first-order valence-corrected chi connectivity index (χ1v) is 52.2. The molecule has 36 heteroatoms. The van der Waals surface area contributed by atoms with E-state index in [9.17, 15) is 24.0 Å². The Morgan fingerprint density at radius 2 is 0.845 bits per heavy atom. The van der Waals surface area contributed by atoms with E-state index in [0.29, 0.717) is 124 Å². The molecule has 5 saturated heterocycles. The van der Waals surface area contributed by atoms with E-state index in [4.69, 9.17) is 54.7 Å². The predicted molar refractivity (Wildman–Crippen MR) is 584 cm³/mol. The molecule has 0 amide bonds. The molecule has 5 aliphatic rings. The highest BCUT2D eigenvalue weighted by Gasteiger charge is 2.28. The molecule has 0 aliphatic carbocycles. The molecule has 0 unspecified atom stereocenters. The Bertz CT molecular complexity index is 8820. The molecule has 758 valence electrons. The summed E-state index contributed by atoms with van der Waals surface area (Å²) in [6.07, 6.45) is 33.1. The number of likely N-dealkylation sites (N-methyl/N-ethyl adjacent to an activating group) is 1. The minimum Gasteiger partial charge on any atom is -0.369 e. The zero-order valence-electron chi connectivity index (χ0n) is 85.2. The van der Waals surface area contributed by atoms with Crippen LogP contribution in [0.15, 0.2) is 226 Å². The Morgan fingerprint density at radius 3 is 1.37 bits per heavy atom. The van der Waals surface area contributed by atoms with Gasteiger partial charge < -0.3 is 43.0 Å². The number of hydrogen-bond acceptors (Lipinski definition) is 23. The van der Waals surface area contributed by atoms with Gasteiger partial charge in [0, 0.05) is 165 Å². The third-order valence-electron chi connectivity index (χ3n) is 29.5. The number of aromatic nitrogens is 22. The van der Waals surface area contributed by atoms with Gasteiger partial charge in [-0.3, -0.25) is 51.2 Å². The molecule has 1 N–H and O–H groups in total. The first kappa shape index (κ1) is 99.5. The smallest absolute Gasteiger partial charge is 0.275 e. The van der Waals surface area contributed by atoms with Crippen molar-refractivity contribution in [2.24, 2.45) is 7.05 Å². The number of imidazole rings is 3. The van der Waals surface area contributed by atoms with E-state index in [0.717, 1.165) is 227 Å². The van der Waals surface area contributed by atoms with Crippen LogP contribution in [0, 0.1) is 41.5 Å². The highest BCUT2D eigenvalue weighted by atomic mass is 35.5. The maximum Gasteiger partial charge on any atom is 0.275 e. The van der Waals surface area contributed by atoms with Crippen molar-refractivity contribution in [2.75, 3.05) is 104 Å². The first-order valence-electron chi connectivity index (χ1n) is 51.0. The van der Waals surface area contributed by atoms with Crippen molar-refractivity contribution in [1.29, 1.82) is 0 Å². The monoisotopic (exact) mass is 2040 g/mol. The lowest BCUT2D eigenvalue weighted by Crippen LogP contribution is -2.37. The molecule has 5 fully saturated rings. The first-order chi connectivity index (χ1) is 71.4. The molecule has 25 rings (SSSR count). The minimum absolute atomic E-state index is 0.0825. The van der Waals surface area contributed by atoms with Gasteiger partial charge in [-0.15, -0.1) is 0 Å². The van der Waals surface area contributed by atoms with Gasteiger partial charge in [-0.25, -0.2) is 44.4 Å². The molecule has 1 aromatic carbocycles. The lowest BCUT2D eigenvalue weighted by atomic mass is 9.90. The van der Waals surface area contributed by atoms with Crippen molar-refractivity contribution in [3.8, 4) is 56.4 Å². The number of halogens is 3. The third kappa shape index (κ3) is 21.2. The van der Waals surface area contributed by atoms with E-state index in [1.807, 2.05) is 213 Å². The zero-order valence-corrected chi connectivity index (χ0v) is 87.5. The van der Waals surface area contributed by atoms with E-state index in [-0.39, 0.29) is 27.8 Å². The van der Waals surface area contributed by atoms with Crippen molar-refractivity contribution in [1.82, 2.24) is 130 Å². The van der Waals surface area contributed by atoms with Crippen molar-refractivity contribution in [2.45, 2.75) is 150 Å². The minimum atomic E-state index is -0.155. The number of nitrogens with zero attached hydrogens (tertiary/aromatic N) is 27. The summed E-state index contributed by atoms with van der Waals surface area (Å²) < 4.78 is 17.3. The van der Waals surface area contributed by atoms with Crippen molar-refractivity contribution < 1.29 is 0 Å². The maximum atomic E-state index is 13.1. The predicted octanol–water partition coefficient (Wildman–Crippen LogP) is 17.1. The van der Waals surface area contributed by atoms with Crippen LogP contribution >= 0.6 is 34.8 Å². The van der Waals surface area contributed by atoms with E-state index < -0.39 is 0 Å². The number of hydrogen-bond donors (Lipinski definition) is 1. The molecule has 0 bridgehead atoms. The summed E-state index contributed by atoms with van der Waals surface area (Å²) in [5, 5.41) is 19.6. The average Bonchev–Trinajstić information content (AvgIpc) is 1.67. The Hall–Kier alpha value is -14.4.